The third-order valence-corrected chi connectivity index (χ3v) is 11.4. The second-order valence-corrected chi connectivity index (χ2v) is 16.3. The van der Waals surface area contributed by atoms with Crippen LogP contribution in [0.3, 0.4) is 0 Å². The Bertz CT molecular complexity index is 1080. The van der Waals surface area contributed by atoms with Gasteiger partial charge >= 0.3 is 0 Å². The summed E-state index contributed by atoms with van der Waals surface area (Å²) in [5, 5.41) is 10.7. The second kappa shape index (κ2) is 10.8. The molecule has 2 saturated heterocycles. The number of carbonyl (C=O) groups excluding carboxylic acids is 3. The van der Waals surface area contributed by atoms with Gasteiger partial charge in [-0.15, -0.1) is 11.8 Å². The number of fused-ring (bicyclic) bond motifs is 2. The summed E-state index contributed by atoms with van der Waals surface area (Å²) in [4.78, 5) is 49.4. The highest BCUT2D eigenvalue weighted by Crippen LogP contribution is 2.66. The van der Waals surface area contributed by atoms with Crippen LogP contribution in [0, 0.1) is 23.2 Å². The van der Waals surface area contributed by atoms with Gasteiger partial charge in [0.1, 0.15) is 6.04 Å². The lowest BCUT2D eigenvalue weighted by molar-refractivity contribution is -0.150. The highest BCUT2D eigenvalue weighted by molar-refractivity contribution is 8.02. The topological polar surface area (TPSA) is 81.2 Å². The Morgan fingerprint density at radius 2 is 1.65 bits per heavy atom. The van der Waals surface area contributed by atoms with E-state index in [2.05, 4.69) is 72.8 Å². The van der Waals surface area contributed by atoms with Crippen molar-refractivity contribution in [2.75, 3.05) is 26.2 Å². The Kier molecular flexibility index (Phi) is 8.40. The Labute approximate surface area is 245 Å². The lowest BCUT2D eigenvalue weighted by atomic mass is 9.74. The summed E-state index contributed by atoms with van der Waals surface area (Å²) >= 11 is 1.62. The molecule has 0 aromatic rings. The molecule has 4 rings (SSSR count). The van der Waals surface area contributed by atoms with Gasteiger partial charge in [-0.05, 0) is 44.9 Å². The van der Waals surface area contributed by atoms with Crippen LogP contribution in [0.15, 0.2) is 24.3 Å². The zero-order valence-electron chi connectivity index (χ0n) is 26.1. The maximum Gasteiger partial charge on any atom is 0.247 e. The van der Waals surface area contributed by atoms with E-state index in [0.29, 0.717) is 19.6 Å². The summed E-state index contributed by atoms with van der Waals surface area (Å²) in [6, 6.07) is -1.29. The Morgan fingerprint density at radius 3 is 2.23 bits per heavy atom. The lowest BCUT2D eigenvalue weighted by Gasteiger charge is -2.46. The van der Waals surface area contributed by atoms with Crippen LogP contribution in [0.1, 0.15) is 81.6 Å². The minimum atomic E-state index is -0.893. The molecular weight excluding hydrogens is 522 g/mol. The molecule has 4 aliphatic rings. The van der Waals surface area contributed by atoms with Crippen molar-refractivity contribution in [1.29, 1.82) is 0 Å². The number of carbonyl (C=O) groups is 3. The number of likely N-dealkylation sites (tertiary alicyclic amines) is 1. The molecule has 3 amide bonds. The van der Waals surface area contributed by atoms with Crippen LogP contribution in [-0.2, 0) is 14.4 Å². The molecule has 8 heteroatoms. The van der Waals surface area contributed by atoms with E-state index in [4.69, 9.17) is 0 Å². The minimum absolute atomic E-state index is 0.00130. The Balaban J connectivity index is 1.90. The lowest BCUT2D eigenvalue weighted by Crippen LogP contribution is -2.61. The third kappa shape index (κ3) is 4.95. The molecule has 1 spiro atoms. The largest absolute Gasteiger partial charge is 0.394 e. The van der Waals surface area contributed by atoms with E-state index in [1.807, 2.05) is 23.6 Å². The van der Waals surface area contributed by atoms with Crippen LogP contribution in [0.5, 0.6) is 0 Å². The van der Waals surface area contributed by atoms with Gasteiger partial charge in [0.25, 0.3) is 0 Å². The average Bonchev–Trinajstić information content (AvgIpc) is 3.11. The van der Waals surface area contributed by atoms with Gasteiger partial charge in [0.2, 0.25) is 17.7 Å². The average molecular weight is 574 g/mol. The molecule has 0 bridgehead atoms. The molecule has 1 unspecified atom stereocenters. The van der Waals surface area contributed by atoms with E-state index in [9.17, 15) is 19.5 Å². The number of thioether (sulfide) groups is 1. The predicted molar refractivity (Wildman–Crippen MR) is 162 cm³/mol. The first-order chi connectivity index (χ1) is 18.6. The van der Waals surface area contributed by atoms with Crippen LogP contribution >= 0.6 is 11.8 Å². The summed E-state index contributed by atoms with van der Waals surface area (Å²) in [6.45, 7) is 20.4. The van der Waals surface area contributed by atoms with Gasteiger partial charge in [-0.1, -0.05) is 72.3 Å². The van der Waals surface area contributed by atoms with E-state index >= 15 is 0 Å². The van der Waals surface area contributed by atoms with Gasteiger partial charge in [-0.25, -0.2) is 0 Å². The van der Waals surface area contributed by atoms with E-state index in [1.165, 1.54) is 0 Å². The summed E-state index contributed by atoms with van der Waals surface area (Å²) in [5.74, 6) is -1.50. The molecule has 4 aliphatic heterocycles. The normalized spacial score (nSPS) is 34.0. The smallest absolute Gasteiger partial charge is 0.247 e. The van der Waals surface area contributed by atoms with Crippen molar-refractivity contribution in [2.24, 2.45) is 23.2 Å². The number of hydrogen-bond donors (Lipinski definition) is 1. The first-order valence-electron chi connectivity index (χ1n) is 15.2. The van der Waals surface area contributed by atoms with Crippen LogP contribution in [-0.4, -0.2) is 90.9 Å². The van der Waals surface area contributed by atoms with Crippen molar-refractivity contribution in [2.45, 2.75) is 109 Å². The summed E-state index contributed by atoms with van der Waals surface area (Å²) in [6.07, 6.45) is 10.7. The predicted octanol–water partition coefficient (Wildman–Crippen LogP) is 4.50. The SMILES string of the molecule is CCCN1CC=C[C@@]2(C)S[C@]34C=CCN(C(C)(C)CC(C)(C)C)C(=O)C3N([C@@H](CO)[C@@H](C)CC)C(=O)[C@@H]4[C@H]2C1=O. The number of aliphatic hydroxyl groups is 1. The van der Waals surface area contributed by atoms with Gasteiger partial charge in [0.15, 0.2) is 0 Å². The van der Waals surface area contributed by atoms with Crippen LogP contribution in [0.2, 0.25) is 0 Å². The number of rotatable bonds is 8. The number of aliphatic hydroxyl groups excluding tert-OH is 1. The van der Waals surface area contributed by atoms with Crippen molar-refractivity contribution >= 4 is 29.5 Å². The highest BCUT2D eigenvalue weighted by Gasteiger charge is 2.75. The molecule has 0 radical (unpaired) electrons. The molecule has 0 saturated carbocycles. The van der Waals surface area contributed by atoms with E-state index in [1.54, 1.807) is 16.7 Å². The molecule has 7 atom stereocenters. The molecule has 2 fully saturated rings. The maximum absolute atomic E-state index is 14.9. The van der Waals surface area contributed by atoms with E-state index < -0.39 is 39.0 Å². The molecule has 224 valence electrons. The van der Waals surface area contributed by atoms with Crippen molar-refractivity contribution in [3.63, 3.8) is 0 Å². The van der Waals surface area contributed by atoms with Crippen molar-refractivity contribution in [3.8, 4) is 0 Å². The fourth-order valence-corrected chi connectivity index (χ4v) is 10.2. The Hall–Kier alpha value is -1.80. The standard InChI is InChI=1S/C32H51N3O4S/c1-10-16-33-17-12-14-31(9)23(26(33)37)24-27(38)35(22(19-36)21(3)11-2)25-28(39)34(18-13-15-32(24,25)40-31)30(7,8)20-29(4,5)6/h12-15,21-25,36H,10-11,16-20H2,1-9H3/t21-,22-,23-,24-,25?,31+,32-/m0/s1. The first-order valence-corrected chi connectivity index (χ1v) is 16.0. The van der Waals surface area contributed by atoms with Gasteiger partial charge in [-0.2, -0.15) is 0 Å². The molecule has 0 aromatic carbocycles. The molecule has 7 nitrogen and oxygen atoms in total. The second-order valence-electron chi connectivity index (χ2n) is 14.5. The molecule has 0 aliphatic carbocycles. The molecular formula is C32H51N3O4S. The molecule has 1 N–H and O–H groups in total. The molecule has 40 heavy (non-hydrogen) atoms. The van der Waals surface area contributed by atoms with Gasteiger partial charge in [-0.3, -0.25) is 14.4 Å². The van der Waals surface area contributed by atoms with E-state index in [0.717, 1.165) is 19.3 Å². The number of amides is 3. The van der Waals surface area contributed by atoms with Crippen molar-refractivity contribution in [3.05, 3.63) is 24.3 Å². The number of hydrogen-bond acceptors (Lipinski definition) is 5. The fraction of sp³-hybridized carbons (Fsp3) is 0.781. The quantitative estimate of drug-likeness (QED) is 0.433. The summed E-state index contributed by atoms with van der Waals surface area (Å²) < 4.78 is -1.51. The fourth-order valence-electron chi connectivity index (χ4n) is 8.09. The highest BCUT2D eigenvalue weighted by atomic mass is 32.2. The van der Waals surface area contributed by atoms with Crippen molar-refractivity contribution in [1.82, 2.24) is 14.7 Å². The summed E-state index contributed by atoms with van der Waals surface area (Å²) in [5.41, 5.74) is -0.452. The maximum atomic E-state index is 14.9. The zero-order chi connectivity index (χ0) is 29.8. The monoisotopic (exact) mass is 573 g/mol. The zero-order valence-corrected chi connectivity index (χ0v) is 26.9. The van der Waals surface area contributed by atoms with Crippen molar-refractivity contribution < 1.29 is 19.5 Å². The van der Waals surface area contributed by atoms with Gasteiger partial charge in [0, 0.05) is 29.9 Å². The summed E-state index contributed by atoms with van der Waals surface area (Å²) in [7, 11) is 0. The molecule has 4 heterocycles. The van der Waals surface area contributed by atoms with Crippen LogP contribution in [0.25, 0.3) is 0 Å². The third-order valence-electron chi connectivity index (χ3n) is 9.61. The van der Waals surface area contributed by atoms with Gasteiger partial charge in [0.05, 0.1) is 29.2 Å². The number of nitrogens with zero attached hydrogens (tertiary/aromatic N) is 3. The molecule has 0 aromatic heterocycles. The Morgan fingerprint density at radius 1 is 1.00 bits per heavy atom. The van der Waals surface area contributed by atoms with Crippen LogP contribution in [0.4, 0.5) is 0 Å². The van der Waals surface area contributed by atoms with E-state index in [-0.39, 0.29) is 35.7 Å². The minimum Gasteiger partial charge on any atom is -0.394 e. The van der Waals surface area contributed by atoms with Crippen LogP contribution < -0.4 is 0 Å². The van der Waals surface area contributed by atoms with Gasteiger partial charge < -0.3 is 19.8 Å². The first kappa shape index (κ1) is 31.1.